The van der Waals surface area contributed by atoms with Gasteiger partial charge in [0, 0.05) is 16.7 Å². The van der Waals surface area contributed by atoms with Gasteiger partial charge in [-0.05, 0) is 84.6 Å². The highest BCUT2D eigenvalue weighted by atomic mass is 28.3. The SMILES string of the molecule is C[Si](C)(C)c1ccc(-c2nc(-c3cccc(-c4ccc5c(c4)C4(c6ccccc6-c6ccccc64)c4ccccc4-5)c3)nc(-c3ccc4ccccc4c3)n2)cc1. The van der Waals surface area contributed by atoms with Crippen LogP contribution >= 0.6 is 0 Å². The topological polar surface area (TPSA) is 38.7 Å². The van der Waals surface area contributed by atoms with Crippen molar-refractivity contribution >= 4 is 24.0 Å². The highest BCUT2D eigenvalue weighted by Gasteiger charge is 2.51. The molecule has 0 N–H and O–H groups in total. The third kappa shape index (κ3) is 5.21. The minimum Gasteiger partial charge on any atom is -0.208 e. The van der Waals surface area contributed by atoms with E-state index in [0.717, 1.165) is 33.2 Å². The van der Waals surface area contributed by atoms with Gasteiger partial charge in [0.1, 0.15) is 0 Å². The minimum atomic E-state index is -1.47. The molecule has 0 unspecified atom stereocenters. The zero-order valence-corrected chi connectivity index (χ0v) is 33.2. The van der Waals surface area contributed by atoms with Gasteiger partial charge in [-0.2, -0.15) is 0 Å². The van der Waals surface area contributed by atoms with Crippen LogP contribution in [0.3, 0.4) is 0 Å². The summed E-state index contributed by atoms with van der Waals surface area (Å²) in [5, 5.41) is 3.75. The molecule has 0 fully saturated rings. The van der Waals surface area contributed by atoms with E-state index < -0.39 is 13.5 Å². The van der Waals surface area contributed by atoms with Gasteiger partial charge in [0.15, 0.2) is 17.5 Å². The smallest absolute Gasteiger partial charge is 0.164 e. The van der Waals surface area contributed by atoms with Gasteiger partial charge < -0.3 is 0 Å². The first kappa shape index (κ1) is 33.6. The van der Waals surface area contributed by atoms with E-state index in [1.165, 1.54) is 55.1 Å². The molecule has 3 nitrogen and oxygen atoms in total. The average Bonchev–Trinajstić information content (AvgIpc) is 3.73. The lowest BCUT2D eigenvalue weighted by Crippen LogP contribution is -2.37. The van der Waals surface area contributed by atoms with Crippen LogP contribution in [0, 0.1) is 0 Å². The molecule has 2 aliphatic rings. The Morgan fingerprint density at radius 3 is 1.40 bits per heavy atom. The van der Waals surface area contributed by atoms with Crippen molar-refractivity contribution in [1.82, 2.24) is 15.0 Å². The zero-order valence-electron chi connectivity index (χ0n) is 32.2. The van der Waals surface area contributed by atoms with Crippen molar-refractivity contribution in [2.75, 3.05) is 0 Å². The molecule has 0 bridgehead atoms. The van der Waals surface area contributed by atoms with E-state index in [2.05, 4.69) is 202 Å². The summed E-state index contributed by atoms with van der Waals surface area (Å²) >= 11 is 0. The summed E-state index contributed by atoms with van der Waals surface area (Å²) < 4.78 is 0. The molecule has 0 radical (unpaired) electrons. The van der Waals surface area contributed by atoms with E-state index in [0.29, 0.717) is 17.5 Å². The summed E-state index contributed by atoms with van der Waals surface area (Å²) in [5.74, 6) is 1.99. The van der Waals surface area contributed by atoms with Gasteiger partial charge in [-0.1, -0.05) is 189 Å². The van der Waals surface area contributed by atoms with Crippen molar-refractivity contribution in [2.45, 2.75) is 25.1 Å². The van der Waals surface area contributed by atoms with E-state index in [9.17, 15) is 0 Å². The third-order valence-electron chi connectivity index (χ3n) is 12.1. The van der Waals surface area contributed by atoms with E-state index in [-0.39, 0.29) is 0 Å². The van der Waals surface area contributed by atoms with Gasteiger partial charge in [0.25, 0.3) is 0 Å². The summed E-state index contributed by atoms with van der Waals surface area (Å²) in [6, 6.07) is 66.4. The molecule has 2 aliphatic carbocycles. The number of benzene rings is 8. The Morgan fingerprint density at radius 2 is 0.789 bits per heavy atom. The fourth-order valence-electron chi connectivity index (χ4n) is 9.32. The summed E-state index contributed by atoms with van der Waals surface area (Å²) in [5.41, 5.74) is 15.4. The van der Waals surface area contributed by atoms with Gasteiger partial charge in [0.2, 0.25) is 0 Å². The number of nitrogens with zero attached hydrogens (tertiary/aromatic N) is 3. The van der Waals surface area contributed by atoms with Crippen LogP contribution in [-0.4, -0.2) is 23.0 Å². The van der Waals surface area contributed by atoms with Gasteiger partial charge in [0.05, 0.1) is 13.5 Å². The number of hydrogen-bond donors (Lipinski definition) is 0. The standard InChI is InChI=1S/C53H39N3Si/c1-57(2,3)41-28-25-35(26-29-41)50-54-51(56-52(55-50)40-24-23-34-13-4-5-14-36(34)31-40)39-16-12-15-37(32-39)38-27-30-45-44-19-8-11-22-48(44)53(49(45)33-38)46-20-9-6-17-42(46)43-18-7-10-21-47(43)53/h4-33H,1-3H3. The molecule has 0 saturated heterocycles. The molecule has 1 heterocycles. The molecular formula is C53H39N3Si. The minimum absolute atomic E-state index is 0.393. The van der Waals surface area contributed by atoms with Crippen LogP contribution in [0.2, 0.25) is 19.6 Å². The quantitative estimate of drug-likeness (QED) is 0.165. The summed E-state index contributed by atoms with van der Waals surface area (Å²) in [6.45, 7) is 7.12. The average molecular weight is 746 g/mol. The molecule has 1 spiro atoms. The Labute approximate surface area is 334 Å². The van der Waals surface area contributed by atoms with Crippen LogP contribution in [0.15, 0.2) is 182 Å². The van der Waals surface area contributed by atoms with Crippen molar-refractivity contribution < 1.29 is 0 Å². The molecule has 0 saturated carbocycles. The van der Waals surface area contributed by atoms with Crippen molar-refractivity contribution in [3.63, 3.8) is 0 Å². The highest BCUT2D eigenvalue weighted by molar-refractivity contribution is 6.88. The lowest BCUT2D eigenvalue weighted by atomic mass is 9.70. The Balaban J connectivity index is 1.07. The predicted molar refractivity (Wildman–Crippen MR) is 238 cm³/mol. The Hall–Kier alpha value is -6.75. The van der Waals surface area contributed by atoms with E-state index >= 15 is 0 Å². The summed E-state index contributed by atoms with van der Waals surface area (Å²) in [4.78, 5) is 15.4. The van der Waals surface area contributed by atoms with Crippen LogP contribution < -0.4 is 5.19 Å². The van der Waals surface area contributed by atoms with Gasteiger partial charge >= 0.3 is 0 Å². The molecule has 0 amide bonds. The highest BCUT2D eigenvalue weighted by Crippen LogP contribution is 2.63. The van der Waals surface area contributed by atoms with E-state index in [1.54, 1.807) is 0 Å². The fourth-order valence-corrected chi connectivity index (χ4v) is 10.5. The molecule has 1 aromatic heterocycles. The second-order valence-corrected chi connectivity index (χ2v) is 21.5. The van der Waals surface area contributed by atoms with Gasteiger partial charge in [-0.3, -0.25) is 0 Å². The van der Waals surface area contributed by atoms with Crippen LogP contribution in [0.5, 0.6) is 0 Å². The number of fused-ring (bicyclic) bond motifs is 11. The first-order valence-electron chi connectivity index (χ1n) is 19.8. The lowest BCUT2D eigenvalue weighted by Gasteiger charge is -2.30. The Kier molecular flexibility index (Phi) is 7.44. The molecule has 11 rings (SSSR count). The molecule has 4 heteroatoms. The molecule has 8 aromatic carbocycles. The first-order valence-corrected chi connectivity index (χ1v) is 23.3. The zero-order chi connectivity index (χ0) is 38.3. The second-order valence-electron chi connectivity index (χ2n) is 16.4. The van der Waals surface area contributed by atoms with Crippen LogP contribution in [0.1, 0.15) is 22.3 Å². The van der Waals surface area contributed by atoms with Crippen LogP contribution in [0.25, 0.3) is 78.3 Å². The normalized spacial score (nSPS) is 13.3. The maximum Gasteiger partial charge on any atom is 0.164 e. The van der Waals surface area contributed by atoms with Gasteiger partial charge in [-0.15, -0.1) is 0 Å². The van der Waals surface area contributed by atoms with Gasteiger partial charge in [-0.25, -0.2) is 15.0 Å². The van der Waals surface area contributed by atoms with Crippen LogP contribution in [-0.2, 0) is 5.41 Å². The summed E-state index contributed by atoms with van der Waals surface area (Å²) in [6.07, 6.45) is 0. The predicted octanol–water partition coefficient (Wildman–Crippen LogP) is 12.6. The van der Waals surface area contributed by atoms with Crippen molar-refractivity contribution in [1.29, 1.82) is 0 Å². The lowest BCUT2D eigenvalue weighted by molar-refractivity contribution is 0.794. The molecule has 0 atom stereocenters. The van der Waals surface area contributed by atoms with Crippen molar-refractivity contribution in [3.8, 4) is 67.5 Å². The van der Waals surface area contributed by atoms with Crippen molar-refractivity contribution in [3.05, 3.63) is 204 Å². The van der Waals surface area contributed by atoms with Crippen LogP contribution in [0.4, 0.5) is 0 Å². The molecule has 0 aliphatic heterocycles. The second kappa shape index (κ2) is 12.6. The molecule has 270 valence electrons. The fraction of sp³-hybridized carbons (Fsp3) is 0.0755. The largest absolute Gasteiger partial charge is 0.208 e. The first-order chi connectivity index (χ1) is 27.9. The summed E-state index contributed by atoms with van der Waals surface area (Å²) in [7, 11) is -1.47. The Morgan fingerprint density at radius 1 is 0.333 bits per heavy atom. The van der Waals surface area contributed by atoms with E-state index in [1.807, 2.05) is 0 Å². The number of hydrogen-bond acceptors (Lipinski definition) is 3. The Bertz CT molecular complexity index is 3000. The monoisotopic (exact) mass is 745 g/mol. The van der Waals surface area contributed by atoms with E-state index in [4.69, 9.17) is 15.0 Å². The molecule has 57 heavy (non-hydrogen) atoms. The van der Waals surface area contributed by atoms with Crippen molar-refractivity contribution in [2.24, 2.45) is 0 Å². The molecule has 9 aromatic rings. The maximum absolute atomic E-state index is 5.18. The third-order valence-corrected chi connectivity index (χ3v) is 14.2. The maximum atomic E-state index is 5.18. The number of rotatable bonds is 5. The number of aromatic nitrogens is 3. The molecular weight excluding hydrogens is 707 g/mol.